The first kappa shape index (κ1) is 23.2. The zero-order valence-corrected chi connectivity index (χ0v) is 14.4. The van der Waals surface area contributed by atoms with Gasteiger partial charge in [0.05, 0.1) is 0 Å². The SMILES string of the molecule is O.O=C(C1CC1)N1CC2CC(C1)N2.O=C(O)[C@@H](O)[C@H](O)[C@H](O)[C@@H](O)C(=O)O. The summed E-state index contributed by atoms with van der Waals surface area (Å²) in [7, 11) is 0. The van der Waals surface area contributed by atoms with Crippen molar-refractivity contribution < 1.29 is 50.5 Å². The van der Waals surface area contributed by atoms with Crippen LogP contribution in [0.3, 0.4) is 0 Å². The molecule has 4 rings (SSSR count). The van der Waals surface area contributed by atoms with E-state index in [1.165, 1.54) is 6.42 Å². The quantitative estimate of drug-likeness (QED) is 0.230. The van der Waals surface area contributed by atoms with Crippen LogP contribution in [-0.4, -0.2) is 108 Å². The number of piperazine rings is 1. The molecule has 156 valence electrons. The summed E-state index contributed by atoms with van der Waals surface area (Å²) in [4.78, 5) is 33.9. The van der Waals surface area contributed by atoms with Crippen molar-refractivity contribution in [3.8, 4) is 0 Å². The molecular weight excluding hydrogens is 368 g/mol. The second-order valence-electron chi connectivity index (χ2n) is 6.86. The number of aliphatic hydroxyl groups is 4. The third-order valence-corrected chi connectivity index (χ3v) is 4.66. The largest absolute Gasteiger partial charge is 0.479 e. The van der Waals surface area contributed by atoms with Gasteiger partial charge in [-0.1, -0.05) is 0 Å². The Morgan fingerprint density at radius 3 is 1.52 bits per heavy atom. The molecule has 4 aliphatic rings. The second kappa shape index (κ2) is 9.39. The smallest absolute Gasteiger partial charge is 0.335 e. The van der Waals surface area contributed by atoms with E-state index in [0.717, 1.165) is 25.9 Å². The number of amides is 1. The Bertz CT molecular complexity index is 515. The standard InChI is InChI=1S/C9H14N2O.C6H10O8.H2O/c12-9(6-1-2-6)11-4-7-3-8(5-11)10-7;7-1(3(9)5(11)12)2(8)4(10)6(13)14;/h6-8,10H,1-5H2;1-4,7-10H,(H,11,12)(H,13,14);1H2/t;1-,2+,3+,4-;. The molecule has 0 aromatic rings. The lowest BCUT2D eigenvalue weighted by Gasteiger charge is -2.48. The second-order valence-corrected chi connectivity index (χ2v) is 6.86. The van der Waals surface area contributed by atoms with E-state index in [0.29, 0.717) is 23.9 Å². The van der Waals surface area contributed by atoms with E-state index in [1.807, 2.05) is 0 Å². The van der Waals surface area contributed by atoms with Gasteiger partial charge in [0.25, 0.3) is 0 Å². The van der Waals surface area contributed by atoms with Gasteiger partial charge in [-0.15, -0.1) is 0 Å². The topological polar surface area (TPSA) is 219 Å². The molecule has 9 N–H and O–H groups in total. The Labute approximate surface area is 154 Å². The highest BCUT2D eigenvalue weighted by Gasteiger charge is 2.42. The summed E-state index contributed by atoms with van der Waals surface area (Å²) in [5, 5.41) is 54.9. The van der Waals surface area contributed by atoms with Gasteiger partial charge in [-0.05, 0) is 19.3 Å². The minimum atomic E-state index is -2.36. The van der Waals surface area contributed by atoms with E-state index in [2.05, 4.69) is 10.2 Å². The van der Waals surface area contributed by atoms with E-state index in [1.54, 1.807) is 0 Å². The molecule has 2 bridgehead atoms. The summed E-state index contributed by atoms with van der Waals surface area (Å²) < 4.78 is 0. The molecule has 3 heterocycles. The van der Waals surface area contributed by atoms with Crippen molar-refractivity contribution in [2.24, 2.45) is 5.92 Å². The van der Waals surface area contributed by atoms with Gasteiger partial charge >= 0.3 is 11.9 Å². The molecule has 0 aromatic carbocycles. The van der Waals surface area contributed by atoms with Gasteiger partial charge in [-0.25, -0.2) is 9.59 Å². The first-order valence-electron chi connectivity index (χ1n) is 8.34. The molecule has 6 atom stereocenters. The lowest BCUT2D eigenvalue weighted by molar-refractivity contribution is -0.172. The van der Waals surface area contributed by atoms with Crippen molar-refractivity contribution in [1.82, 2.24) is 10.2 Å². The molecule has 12 heteroatoms. The van der Waals surface area contributed by atoms with Crippen LogP contribution in [0.2, 0.25) is 0 Å². The van der Waals surface area contributed by atoms with Gasteiger partial charge in [-0.2, -0.15) is 0 Å². The van der Waals surface area contributed by atoms with Crippen molar-refractivity contribution >= 4 is 17.8 Å². The van der Waals surface area contributed by atoms with E-state index >= 15 is 0 Å². The van der Waals surface area contributed by atoms with Crippen LogP contribution in [0, 0.1) is 5.92 Å². The fourth-order valence-corrected chi connectivity index (χ4v) is 2.95. The normalized spacial score (nSPS) is 27.5. The molecule has 12 nitrogen and oxygen atoms in total. The summed E-state index contributed by atoms with van der Waals surface area (Å²) >= 11 is 0. The van der Waals surface area contributed by atoms with Crippen molar-refractivity contribution in [3.05, 3.63) is 0 Å². The zero-order chi connectivity index (χ0) is 19.6. The number of carbonyl (C=O) groups is 3. The number of carboxylic acids is 2. The molecule has 27 heavy (non-hydrogen) atoms. The highest BCUT2D eigenvalue weighted by molar-refractivity contribution is 5.81. The number of nitrogens with zero attached hydrogens (tertiary/aromatic N) is 1. The lowest BCUT2D eigenvalue weighted by atomic mass is 9.91. The van der Waals surface area contributed by atoms with Crippen LogP contribution in [0.15, 0.2) is 0 Å². The number of hydrogen-bond acceptors (Lipinski definition) is 8. The maximum atomic E-state index is 11.6. The van der Waals surface area contributed by atoms with Crippen LogP contribution in [0.25, 0.3) is 0 Å². The summed E-state index contributed by atoms with van der Waals surface area (Å²) in [6.45, 7) is 1.93. The van der Waals surface area contributed by atoms with E-state index in [9.17, 15) is 14.4 Å². The molecule has 0 spiro atoms. The number of carbonyl (C=O) groups excluding carboxylic acids is 1. The van der Waals surface area contributed by atoms with Crippen LogP contribution in [-0.2, 0) is 14.4 Å². The zero-order valence-electron chi connectivity index (χ0n) is 14.4. The minimum Gasteiger partial charge on any atom is -0.479 e. The van der Waals surface area contributed by atoms with Gasteiger partial charge in [0.1, 0.15) is 12.2 Å². The Morgan fingerprint density at radius 2 is 1.22 bits per heavy atom. The number of carboxylic acid groups (broad SMARTS) is 2. The Morgan fingerprint density at radius 1 is 0.852 bits per heavy atom. The monoisotopic (exact) mass is 394 g/mol. The summed E-state index contributed by atoms with van der Waals surface area (Å²) in [6, 6.07) is 1.23. The fourth-order valence-electron chi connectivity index (χ4n) is 2.95. The number of nitrogens with one attached hydrogen (secondary N) is 1. The van der Waals surface area contributed by atoms with Crippen LogP contribution in [0.4, 0.5) is 0 Å². The number of fused-ring (bicyclic) bond motifs is 2. The number of hydrogen-bond donors (Lipinski definition) is 7. The molecule has 3 aliphatic heterocycles. The van der Waals surface area contributed by atoms with Crippen molar-refractivity contribution in [2.75, 3.05) is 13.1 Å². The third-order valence-electron chi connectivity index (χ3n) is 4.66. The molecule has 1 saturated carbocycles. The number of rotatable bonds is 6. The first-order chi connectivity index (χ1) is 12.1. The molecule has 1 aliphatic carbocycles. The van der Waals surface area contributed by atoms with E-state index in [-0.39, 0.29) is 5.48 Å². The predicted octanol–water partition coefficient (Wildman–Crippen LogP) is -4.26. The maximum Gasteiger partial charge on any atom is 0.335 e. The lowest BCUT2D eigenvalue weighted by Crippen LogP contribution is -2.67. The fraction of sp³-hybridized carbons (Fsp3) is 0.800. The van der Waals surface area contributed by atoms with Gasteiger partial charge < -0.3 is 46.3 Å². The molecule has 4 fully saturated rings. The van der Waals surface area contributed by atoms with Gasteiger partial charge in [-0.3, -0.25) is 4.79 Å². The molecule has 1 amide bonds. The van der Waals surface area contributed by atoms with Crippen LogP contribution in [0.5, 0.6) is 0 Å². The molecule has 0 aromatic heterocycles. The molecule has 3 saturated heterocycles. The highest BCUT2D eigenvalue weighted by atomic mass is 16.4. The number of piperidine rings is 1. The Balaban J connectivity index is 0.000000261. The van der Waals surface area contributed by atoms with Crippen molar-refractivity contribution in [2.45, 2.75) is 55.8 Å². The summed E-state index contributed by atoms with van der Waals surface area (Å²) in [6.07, 6.45) is -5.72. The molecule has 0 radical (unpaired) electrons. The van der Waals surface area contributed by atoms with E-state index < -0.39 is 36.4 Å². The Kier molecular flexibility index (Phi) is 8.07. The molecule has 2 unspecified atom stereocenters. The van der Waals surface area contributed by atoms with Crippen molar-refractivity contribution in [1.29, 1.82) is 0 Å². The van der Waals surface area contributed by atoms with Crippen molar-refractivity contribution in [3.63, 3.8) is 0 Å². The average molecular weight is 394 g/mol. The summed E-state index contributed by atoms with van der Waals surface area (Å²) in [5.41, 5.74) is 0. The maximum absolute atomic E-state index is 11.6. The average Bonchev–Trinajstić information content (AvgIpc) is 3.43. The van der Waals surface area contributed by atoms with Crippen LogP contribution < -0.4 is 5.32 Å². The predicted molar refractivity (Wildman–Crippen MR) is 87.5 cm³/mol. The number of aliphatic hydroxyl groups excluding tert-OH is 4. The number of aliphatic carboxylic acids is 2. The van der Waals surface area contributed by atoms with Gasteiger partial charge in [0.2, 0.25) is 5.91 Å². The minimum absolute atomic E-state index is 0. The molecular formula is C15H26N2O10. The third kappa shape index (κ3) is 5.82. The highest BCUT2D eigenvalue weighted by Crippen LogP contribution is 2.33. The summed E-state index contributed by atoms with van der Waals surface area (Å²) in [5.74, 6) is -2.85. The Hall–Kier alpha value is -1.83. The van der Waals surface area contributed by atoms with Crippen LogP contribution >= 0.6 is 0 Å². The first-order valence-corrected chi connectivity index (χ1v) is 8.34. The van der Waals surface area contributed by atoms with Crippen LogP contribution in [0.1, 0.15) is 19.3 Å². The van der Waals surface area contributed by atoms with Gasteiger partial charge in [0.15, 0.2) is 12.2 Å². The van der Waals surface area contributed by atoms with E-state index in [4.69, 9.17) is 30.6 Å². The van der Waals surface area contributed by atoms with Gasteiger partial charge in [0, 0.05) is 31.1 Å².